The lowest BCUT2D eigenvalue weighted by molar-refractivity contribution is -0.138. The van der Waals surface area contributed by atoms with Gasteiger partial charge < -0.3 is 29.8 Å². The summed E-state index contributed by atoms with van der Waals surface area (Å²) in [6.07, 6.45) is 0.227. The van der Waals surface area contributed by atoms with Gasteiger partial charge >= 0.3 is 0 Å². The van der Waals surface area contributed by atoms with Crippen LogP contribution in [-0.4, -0.2) is 68.7 Å². The van der Waals surface area contributed by atoms with Gasteiger partial charge in [-0.25, -0.2) is 4.42 Å². The third-order valence-corrected chi connectivity index (χ3v) is 6.94. The van der Waals surface area contributed by atoms with Crippen LogP contribution in [0.5, 0.6) is 11.5 Å². The van der Waals surface area contributed by atoms with E-state index < -0.39 is 24.2 Å². The number of amides is 1. The van der Waals surface area contributed by atoms with Gasteiger partial charge in [0.05, 0.1) is 26.4 Å². The summed E-state index contributed by atoms with van der Waals surface area (Å²) in [7, 11) is 4.73. The van der Waals surface area contributed by atoms with Gasteiger partial charge in [-0.2, -0.15) is 0 Å². The van der Waals surface area contributed by atoms with Crippen molar-refractivity contribution in [2.24, 2.45) is 17.6 Å². The lowest BCUT2D eigenvalue weighted by Crippen LogP contribution is -2.45. The molecule has 0 saturated carbocycles. The van der Waals surface area contributed by atoms with Gasteiger partial charge in [-0.05, 0) is 47.9 Å². The van der Waals surface area contributed by atoms with Crippen LogP contribution in [0.15, 0.2) is 48.5 Å². The molecule has 0 radical (unpaired) electrons. The maximum Gasteiger partial charge on any atom is 0.270 e. The van der Waals surface area contributed by atoms with Crippen LogP contribution in [0.2, 0.25) is 0 Å². The molecule has 2 aromatic rings. The zero-order valence-electron chi connectivity index (χ0n) is 23.1. The van der Waals surface area contributed by atoms with Crippen molar-refractivity contribution in [2.45, 2.75) is 51.4 Å². The Balaban J connectivity index is 2.01. The third-order valence-electron chi connectivity index (χ3n) is 6.64. The topological polar surface area (TPSA) is 103 Å². The molecule has 0 aliphatic heterocycles. The number of rotatable bonds is 17. The van der Waals surface area contributed by atoms with E-state index in [2.05, 4.69) is 13.8 Å². The highest BCUT2D eigenvalue weighted by molar-refractivity contribution is 6.21. The minimum atomic E-state index is -0.999. The van der Waals surface area contributed by atoms with Crippen LogP contribution in [0.3, 0.4) is 0 Å². The number of nitrogens with zero attached hydrogens (tertiary/aromatic N) is 1. The Morgan fingerprint density at radius 1 is 1.05 bits per heavy atom. The zero-order valence-corrected chi connectivity index (χ0v) is 23.9. The molecule has 212 valence electrons. The van der Waals surface area contributed by atoms with Crippen molar-refractivity contribution < 1.29 is 28.8 Å². The number of benzene rings is 2. The Morgan fingerprint density at radius 3 is 2.37 bits per heavy atom. The predicted molar refractivity (Wildman–Crippen MR) is 149 cm³/mol. The van der Waals surface area contributed by atoms with Crippen LogP contribution in [0.4, 0.5) is 0 Å². The first-order valence-corrected chi connectivity index (χ1v) is 13.3. The first-order valence-electron chi connectivity index (χ1n) is 13.0. The van der Waals surface area contributed by atoms with E-state index in [1.54, 1.807) is 26.4 Å². The quantitative estimate of drug-likeness (QED) is 0.222. The van der Waals surface area contributed by atoms with Gasteiger partial charge in [0, 0.05) is 45.1 Å². The summed E-state index contributed by atoms with van der Waals surface area (Å²) in [5.74, 6) is 1.41. The molecule has 0 spiro atoms. The van der Waals surface area contributed by atoms with E-state index >= 15 is 0 Å². The van der Waals surface area contributed by atoms with Crippen molar-refractivity contribution in [1.82, 2.24) is 4.42 Å². The molecule has 2 rings (SSSR count). The van der Waals surface area contributed by atoms with E-state index in [9.17, 15) is 9.90 Å². The number of halogens is 1. The summed E-state index contributed by atoms with van der Waals surface area (Å²) in [6.45, 7) is 5.31. The van der Waals surface area contributed by atoms with Gasteiger partial charge in [-0.3, -0.25) is 4.79 Å². The third kappa shape index (κ3) is 9.75. The second-order valence-corrected chi connectivity index (χ2v) is 10.2. The number of nitrogens with two attached hydrogens (primary N) is 1. The molecular formula is C29H43ClN2O6. The van der Waals surface area contributed by atoms with Crippen molar-refractivity contribution in [2.75, 3.05) is 41.1 Å². The summed E-state index contributed by atoms with van der Waals surface area (Å²) in [5, 5.41) is 10.8. The minimum absolute atomic E-state index is 0.110. The summed E-state index contributed by atoms with van der Waals surface area (Å²) in [5.41, 5.74) is 8.19. The van der Waals surface area contributed by atoms with Crippen LogP contribution >= 0.6 is 11.8 Å². The van der Waals surface area contributed by atoms with Gasteiger partial charge in [0.15, 0.2) is 17.6 Å². The molecule has 2 aromatic carbocycles. The summed E-state index contributed by atoms with van der Waals surface area (Å²) in [6, 6.07) is 14.4. The fourth-order valence-corrected chi connectivity index (χ4v) is 4.50. The molecule has 0 aliphatic rings. The second kappa shape index (κ2) is 16.6. The second-order valence-electron chi connectivity index (χ2n) is 9.76. The Kier molecular flexibility index (Phi) is 13.9. The molecule has 1 amide bonds. The average molecular weight is 551 g/mol. The molecule has 0 bridgehead atoms. The molecule has 38 heavy (non-hydrogen) atoms. The van der Waals surface area contributed by atoms with Crippen molar-refractivity contribution in [3.8, 4) is 11.5 Å². The van der Waals surface area contributed by atoms with Crippen LogP contribution < -0.4 is 15.2 Å². The number of methoxy groups -OCH3 is 3. The van der Waals surface area contributed by atoms with E-state index in [-0.39, 0.29) is 12.5 Å². The average Bonchev–Trinajstić information content (AvgIpc) is 2.91. The predicted octanol–water partition coefficient (Wildman–Crippen LogP) is 4.37. The van der Waals surface area contributed by atoms with Gasteiger partial charge in [0.2, 0.25) is 0 Å². The molecule has 0 fully saturated rings. The van der Waals surface area contributed by atoms with E-state index in [1.807, 2.05) is 36.4 Å². The molecule has 0 aromatic heterocycles. The molecule has 0 aliphatic carbocycles. The highest BCUT2D eigenvalue weighted by Gasteiger charge is 2.29. The number of aliphatic hydroxyl groups is 1. The molecule has 9 heteroatoms. The zero-order chi connectivity index (χ0) is 28.1. The Hall–Kier alpha value is -2.36. The number of hydrogen-bond donors (Lipinski definition) is 2. The smallest absolute Gasteiger partial charge is 0.270 e. The number of ether oxygens (including phenoxy) is 4. The molecule has 4 atom stereocenters. The van der Waals surface area contributed by atoms with E-state index in [4.69, 9.17) is 36.5 Å². The van der Waals surface area contributed by atoms with Gasteiger partial charge in [0.1, 0.15) is 0 Å². The van der Waals surface area contributed by atoms with Crippen LogP contribution in [-0.2, 0) is 20.7 Å². The number of aliphatic hydroxyl groups excluding tert-OH is 1. The van der Waals surface area contributed by atoms with Gasteiger partial charge in [-0.1, -0.05) is 50.2 Å². The molecule has 0 heterocycles. The van der Waals surface area contributed by atoms with Crippen LogP contribution in [0, 0.1) is 11.8 Å². The molecule has 8 nitrogen and oxygen atoms in total. The number of carbonyl (C=O) groups excluding carboxylic acids is 1. The highest BCUT2D eigenvalue weighted by atomic mass is 35.5. The van der Waals surface area contributed by atoms with Crippen molar-refractivity contribution in [3.63, 3.8) is 0 Å². The van der Waals surface area contributed by atoms with E-state index in [1.165, 1.54) is 7.11 Å². The van der Waals surface area contributed by atoms with Crippen molar-refractivity contribution >= 4 is 17.7 Å². The number of carbonyl (C=O) groups is 1. The standard InChI is InChI=1S/C29H43ClN2O6/c1-20(2)23(16-21-12-13-26(36-4)27(17-21)38-15-9-14-35-3)18-24(31)25(33)19-32(30)29(34)28(37-5)22-10-7-6-8-11-22/h6-8,10-13,17,20,23-25,28,33H,9,14-16,18-19,31H2,1-5H3/t23-,24-,25-,28+/m0/s1. The lowest BCUT2D eigenvalue weighted by atomic mass is 9.83. The summed E-state index contributed by atoms with van der Waals surface area (Å²) in [4.78, 5) is 12.9. The maximum absolute atomic E-state index is 12.9. The summed E-state index contributed by atoms with van der Waals surface area (Å²) < 4.78 is 22.8. The fourth-order valence-electron chi connectivity index (χ4n) is 4.27. The Bertz CT molecular complexity index is 961. The summed E-state index contributed by atoms with van der Waals surface area (Å²) >= 11 is 6.28. The van der Waals surface area contributed by atoms with Crippen molar-refractivity contribution in [1.29, 1.82) is 0 Å². The Labute approximate surface area is 232 Å². The van der Waals surface area contributed by atoms with Crippen LogP contribution in [0.1, 0.15) is 43.9 Å². The minimum Gasteiger partial charge on any atom is -0.493 e. The van der Waals surface area contributed by atoms with Crippen LogP contribution in [0.25, 0.3) is 0 Å². The monoisotopic (exact) mass is 550 g/mol. The molecular weight excluding hydrogens is 508 g/mol. The van der Waals surface area contributed by atoms with Gasteiger partial charge in [0.25, 0.3) is 5.91 Å². The SMILES string of the molecule is COCCCOc1cc(C[C@@H](C[C@H](N)[C@@H](O)CN(Cl)C(=O)[C@H](OC)c2ccccc2)C(C)C)ccc1OC. The normalized spacial score (nSPS) is 14.6. The molecule has 3 N–H and O–H groups in total. The largest absolute Gasteiger partial charge is 0.493 e. The molecule has 0 saturated heterocycles. The fraction of sp³-hybridized carbons (Fsp3) is 0.552. The lowest BCUT2D eigenvalue weighted by Gasteiger charge is -2.29. The van der Waals surface area contributed by atoms with E-state index in [0.29, 0.717) is 42.6 Å². The molecule has 0 unspecified atom stereocenters. The number of hydrogen-bond acceptors (Lipinski definition) is 7. The maximum atomic E-state index is 12.9. The van der Waals surface area contributed by atoms with E-state index in [0.717, 1.165) is 22.8 Å². The first kappa shape index (κ1) is 31.9. The first-order chi connectivity index (χ1) is 18.2. The van der Waals surface area contributed by atoms with Gasteiger partial charge in [-0.15, -0.1) is 0 Å². The highest BCUT2D eigenvalue weighted by Crippen LogP contribution is 2.31. The van der Waals surface area contributed by atoms with Crippen molar-refractivity contribution in [3.05, 3.63) is 59.7 Å². The Morgan fingerprint density at radius 2 is 1.76 bits per heavy atom.